The SMILES string of the molecule is CN(Cc1ccc(C(=O)O)cc1)C(=O)c1cnn2c1CN(C(=O)OC(C)(C)C)CC2. The molecule has 1 aromatic heterocycles. The van der Waals surface area contributed by atoms with Gasteiger partial charge in [0.2, 0.25) is 0 Å². The average Bonchev–Trinajstić information content (AvgIpc) is 3.09. The van der Waals surface area contributed by atoms with Crippen LogP contribution in [0, 0.1) is 0 Å². The molecule has 0 unspecified atom stereocenters. The summed E-state index contributed by atoms with van der Waals surface area (Å²) in [5, 5.41) is 13.3. The molecule has 0 aliphatic carbocycles. The van der Waals surface area contributed by atoms with E-state index in [4.69, 9.17) is 9.84 Å². The van der Waals surface area contributed by atoms with E-state index in [-0.39, 0.29) is 18.0 Å². The molecule has 9 heteroatoms. The largest absolute Gasteiger partial charge is 0.478 e. The number of amides is 2. The van der Waals surface area contributed by atoms with Gasteiger partial charge >= 0.3 is 12.1 Å². The molecule has 0 saturated carbocycles. The molecule has 1 aliphatic heterocycles. The van der Waals surface area contributed by atoms with Gasteiger partial charge in [-0.2, -0.15) is 5.10 Å². The Balaban J connectivity index is 1.71. The molecule has 0 radical (unpaired) electrons. The number of carboxylic acid groups (broad SMARTS) is 1. The minimum Gasteiger partial charge on any atom is -0.478 e. The van der Waals surface area contributed by atoms with E-state index in [2.05, 4.69) is 5.10 Å². The lowest BCUT2D eigenvalue weighted by Gasteiger charge is -2.31. The fourth-order valence-corrected chi connectivity index (χ4v) is 3.21. The van der Waals surface area contributed by atoms with Gasteiger partial charge in [-0.25, -0.2) is 9.59 Å². The molecular weight excluding hydrogens is 388 g/mol. The topological polar surface area (TPSA) is 105 Å². The highest BCUT2D eigenvalue weighted by atomic mass is 16.6. The van der Waals surface area contributed by atoms with Crippen LogP contribution in [0.15, 0.2) is 30.5 Å². The van der Waals surface area contributed by atoms with E-state index in [1.54, 1.807) is 33.7 Å². The molecule has 2 amide bonds. The number of carbonyl (C=O) groups excluding carboxylic acids is 2. The lowest BCUT2D eigenvalue weighted by atomic mass is 10.1. The van der Waals surface area contributed by atoms with Crippen LogP contribution in [0.2, 0.25) is 0 Å². The van der Waals surface area contributed by atoms with Gasteiger partial charge in [0.05, 0.1) is 36.1 Å². The Hall–Kier alpha value is -3.36. The molecule has 30 heavy (non-hydrogen) atoms. The second-order valence-corrected chi connectivity index (χ2v) is 8.29. The summed E-state index contributed by atoms with van der Waals surface area (Å²) in [4.78, 5) is 39.5. The summed E-state index contributed by atoms with van der Waals surface area (Å²) in [6, 6.07) is 6.39. The summed E-state index contributed by atoms with van der Waals surface area (Å²) < 4.78 is 7.18. The first kappa shape index (κ1) is 21.4. The Morgan fingerprint density at radius 2 is 1.83 bits per heavy atom. The number of carboxylic acids is 1. The van der Waals surface area contributed by atoms with Crippen molar-refractivity contribution in [3.05, 3.63) is 52.8 Å². The van der Waals surface area contributed by atoms with E-state index in [0.717, 1.165) is 5.56 Å². The van der Waals surface area contributed by atoms with Crippen LogP contribution < -0.4 is 0 Å². The van der Waals surface area contributed by atoms with Crippen molar-refractivity contribution < 1.29 is 24.2 Å². The molecule has 9 nitrogen and oxygen atoms in total. The molecule has 0 atom stereocenters. The van der Waals surface area contributed by atoms with Gasteiger partial charge < -0.3 is 19.6 Å². The fraction of sp³-hybridized carbons (Fsp3) is 0.429. The molecule has 2 heterocycles. The highest BCUT2D eigenvalue weighted by Gasteiger charge is 2.30. The zero-order valence-electron chi connectivity index (χ0n) is 17.6. The standard InChI is InChI=1S/C21H26N4O5/c1-21(2,3)30-20(29)24-9-10-25-17(13-24)16(11-22-25)18(26)23(4)12-14-5-7-15(8-6-14)19(27)28/h5-8,11H,9-10,12-13H2,1-4H3,(H,27,28). The zero-order valence-corrected chi connectivity index (χ0v) is 17.6. The van der Waals surface area contributed by atoms with E-state index in [1.807, 2.05) is 20.8 Å². The average molecular weight is 414 g/mol. The van der Waals surface area contributed by atoms with E-state index >= 15 is 0 Å². The number of hydrogen-bond donors (Lipinski definition) is 1. The summed E-state index contributed by atoms with van der Waals surface area (Å²) in [5.74, 6) is -1.21. The molecule has 1 aliphatic rings. The molecule has 160 valence electrons. The third-order valence-electron chi connectivity index (χ3n) is 4.72. The van der Waals surface area contributed by atoms with Crippen LogP contribution in [0.25, 0.3) is 0 Å². The third-order valence-corrected chi connectivity index (χ3v) is 4.72. The van der Waals surface area contributed by atoms with Crippen molar-refractivity contribution in [2.75, 3.05) is 13.6 Å². The summed E-state index contributed by atoms with van der Waals surface area (Å²) >= 11 is 0. The molecule has 0 bridgehead atoms. The minimum atomic E-state index is -0.993. The van der Waals surface area contributed by atoms with Crippen LogP contribution in [0.4, 0.5) is 4.79 Å². The third kappa shape index (κ3) is 4.79. The predicted molar refractivity (Wildman–Crippen MR) is 108 cm³/mol. The predicted octanol–water partition coefficient (Wildman–Crippen LogP) is 2.60. The van der Waals surface area contributed by atoms with Crippen LogP contribution in [0.5, 0.6) is 0 Å². The van der Waals surface area contributed by atoms with Crippen molar-refractivity contribution in [3.63, 3.8) is 0 Å². The Kier molecular flexibility index (Phi) is 5.82. The number of hydrogen-bond acceptors (Lipinski definition) is 5. The van der Waals surface area contributed by atoms with Crippen molar-refractivity contribution in [1.82, 2.24) is 19.6 Å². The molecule has 1 N–H and O–H groups in total. The maximum Gasteiger partial charge on any atom is 0.410 e. The Morgan fingerprint density at radius 3 is 2.43 bits per heavy atom. The van der Waals surface area contributed by atoms with E-state index in [9.17, 15) is 14.4 Å². The van der Waals surface area contributed by atoms with Gasteiger partial charge in [-0.05, 0) is 38.5 Å². The van der Waals surface area contributed by atoms with Gasteiger partial charge in [-0.1, -0.05) is 12.1 Å². The molecule has 2 aromatic rings. The van der Waals surface area contributed by atoms with Crippen LogP contribution in [-0.4, -0.2) is 61.9 Å². The summed E-state index contributed by atoms with van der Waals surface area (Å²) in [6.07, 6.45) is 1.11. The molecule has 3 rings (SSSR count). The Labute approximate surface area is 174 Å². The number of carbonyl (C=O) groups is 3. The normalized spacial score (nSPS) is 13.5. The number of nitrogens with zero attached hydrogens (tertiary/aromatic N) is 4. The lowest BCUT2D eigenvalue weighted by molar-refractivity contribution is 0.0192. The number of fused-ring (bicyclic) bond motifs is 1. The number of aromatic carboxylic acids is 1. The van der Waals surface area contributed by atoms with E-state index in [1.165, 1.54) is 18.3 Å². The second-order valence-electron chi connectivity index (χ2n) is 8.29. The number of rotatable bonds is 4. The van der Waals surface area contributed by atoms with Crippen molar-refractivity contribution in [3.8, 4) is 0 Å². The van der Waals surface area contributed by atoms with Crippen LogP contribution >= 0.6 is 0 Å². The van der Waals surface area contributed by atoms with Gasteiger partial charge in [0.15, 0.2) is 0 Å². The first-order chi connectivity index (χ1) is 14.0. The second kappa shape index (κ2) is 8.17. The first-order valence-electron chi connectivity index (χ1n) is 9.65. The summed E-state index contributed by atoms with van der Waals surface area (Å²) in [5.41, 5.74) is 1.52. The zero-order chi connectivity index (χ0) is 22.1. The number of benzene rings is 1. The maximum atomic E-state index is 13.0. The highest BCUT2D eigenvalue weighted by molar-refractivity contribution is 5.95. The van der Waals surface area contributed by atoms with Crippen molar-refractivity contribution in [1.29, 1.82) is 0 Å². The van der Waals surface area contributed by atoms with Crippen molar-refractivity contribution in [2.24, 2.45) is 0 Å². The van der Waals surface area contributed by atoms with E-state index in [0.29, 0.717) is 30.9 Å². The van der Waals surface area contributed by atoms with Crippen molar-refractivity contribution in [2.45, 2.75) is 46.0 Å². The van der Waals surface area contributed by atoms with Gasteiger partial charge in [-0.15, -0.1) is 0 Å². The monoisotopic (exact) mass is 414 g/mol. The van der Waals surface area contributed by atoms with Gasteiger partial charge in [0, 0.05) is 20.1 Å². The molecule has 0 fully saturated rings. The fourth-order valence-electron chi connectivity index (χ4n) is 3.21. The maximum absolute atomic E-state index is 13.0. The Morgan fingerprint density at radius 1 is 1.17 bits per heavy atom. The van der Waals surface area contributed by atoms with E-state index < -0.39 is 17.7 Å². The highest BCUT2D eigenvalue weighted by Crippen LogP contribution is 2.21. The molecule has 0 spiro atoms. The number of ether oxygens (including phenoxy) is 1. The smallest absolute Gasteiger partial charge is 0.410 e. The van der Waals surface area contributed by atoms with Crippen LogP contribution in [-0.2, 0) is 24.4 Å². The first-order valence-corrected chi connectivity index (χ1v) is 9.65. The van der Waals surface area contributed by atoms with Gasteiger partial charge in [0.1, 0.15) is 5.60 Å². The molecule has 0 saturated heterocycles. The van der Waals surface area contributed by atoms with Gasteiger partial charge in [0.25, 0.3) is 5.91 Å². The quantitative estimate of drug-likeness (QED) is 0.825. The Bertz CT molecular complexity index is 959. The molecular formula is C21H26N4O5. The summed E-state index contributed by atoms with van der Waals surface area (Å²) in [6.45, 7) is 6.95. The lowest BCUT2D eigenvalue weighted by Crippen LogP contribution is -2.42. The minimum absolute atomic E-state index is 0.195. The van der Waals surface area contributed by atoms with Crippen molar-refractivity contribution >= 4 is 18.0 Å². The van der Waals surface area contributed by atoms with Crippen LogP contribution in [0.1, 0.15) is 52.7 Å². The van der Waals surface area contributed by atoms with Gasteiger partial charge in [-0.3, -0.25) is 9.48 Å². The molecule has 1 aromatic carbocycles. The summed E-state index contributed by atoms with van der Waals surface area (Å²) in [7, 11) is 1.67. The van der Waals surface area contributed by atoms with Crippen LogP contribution in [0.3, 0.4) is 0 Å². The number of aromatic nitrogens is 2.